The highest BCUT2D eigenvalue weighted by molar-refractivity contribution is 7.93. The van der Waals surface area contributed by atoms with Gasteiger partial charge >= 0.3 is 0 Å². The van der Waals surface area contributed by atoms with E-state index in [1.54, 1.807) is 48.5 Å². The predicted octanol–water partition coefficient (Wildman–Crippen LogP) is 4.64. The lowest BCUT2D eigenvalue weighted by atomic mass is 9.92. The summed E-state index contributed by atoms with van der Waals surface area (Å²) >= 11 is 0. The number of halogens is 1. The molecule has 0 bridgehead atoms. The summed E-state index contributed by atoms with van der Waals surface area (Å²) < 4.78 is 48.4. The van der Waals surface area contributed by atoms with Gasteiger partial charge in [-0.1, -0.05) is 36.4 Å². The first kappa shape index (κ1) is 21.1. The van der Waals surface area contributed by atoms with E-state index in [2.05, 4.69) is 4.98 Å². The van der Waals surface area contributed by atoms with Gasteiger partial charge in [-0.2, -0.15) is 0 Å². The van der Waals surface area contributed by atoms with E-state index in [0.717, 1.165) is 10.4 Å². The number of aromatic nitrogens is 1. The van der Waals surface area contributed by atoms with Crippen molar-refractivity contribution in [3.05, 3.63) is 95.9 Å². The van der Waals surface area contributed by atoms with Crippen LogP contribution in [-0.2, 0) is 14.8 Å². The quantitative estimate of drug-likeness (QED) is 0.432. The number of anilines is 1. The Morgan fingerprint density at radius 1 is 1.00 bits per heavy atom. The number of nitrogens with zero attached hydrogens (tertiary/aromatic N) is 2. The van der Waals surface area contributed by atoms with Crippen LogP contribution in [0.1, 0.15) is 24.0 Å². The van der Waals surface area contributed by atoms with Crippen molar-refractivity contribution in [1.82, 2.24) is 4.98 Å². The monoisotopic (exact) mass is 462 g/mol. The van der Waals surface area contributed by atoms with Crippen LogP contribution in [0, 0.1) is 5.82 Å². The highest BCUT2D eigenvalue weighted by Gasteiger charge is 2.46. The number of sulfonamides is 1. The molecule has 1 aliphatic heterocycles. The molecule has 0 saturated heterocycles. The minimum atomic E-state index is -4.35. The molecular formula is C25H19FN2O4S. The molecular weight excluding hydrogens is 443 g/mol. The Morgan fingerprint density at radius 3 is 2.61 bits per heavy atom. The topological polar surface area (TPSA) is 76.6 Å². The molecule has 1 unspecified atom stereocenters. The lowest BCUT2D eigenvalue weighted by molar-refractivity contribution is -0.117. The van der Waals surface area contributed by atoms with Crippen LogP contribution in [0.25, 0.3) is 10.9 Å². The predicted molar refractivity (Wildman–Crippen MR) is 122 cm³/mol. The molecule has 0 fully saturated rings. The second-order valence-corrected chi connectivity index (χ2v) is 9.30. The van der Waals surface area contributed by atoms with Crippen molar-refractivity contribution in [1.29, 1.82) is 0 Å². The molecule has 1 aromatic heterocycles. The van der Waals surface area contributed by atoms with Crippen LogP contribution in [-0.4, -0.2) is 25.9 Å². The van der Waals surface area contributed by atoms with Gasteiger partial charge in [0.2, 0.25) is 0 Å². The van der Waals surface area contributed by atoms with Crippen molar-refractivity contribution in [2.24, 2.45) is 0 Å². The summed E-state index contributed by atoms with van der Waals surface area (Å²) in [6.45, 7) is 2.17. The third-order valence-electron chi connectivity index (χ3n) is 5.61. The Hall–Kier alpha value is -3.78. The zero-order valence-corrected chi connectivity index (χ0v) is 18.4. The fourth-order valence-electron chi connectivity index (χ4n) is 4.25. The normalized spacial score (nSPS) is 15.6. The van der Waals surface area contributed by atoms with E-state index in [9.17, 15) is 17.6 Å². The molecule has 5 rings (SSSR count). The summed E-state index contributed by atoms with van der Waals surface area (Å²) in [5.41, 5.74) is 1.12. The van der Waals surface area contributed by atoms with Crippen molar-refractivity contribution in [2.45, 2.75) is 17.7 Å². The Bertz CT molecular complexity index is 1500. The number of ether oxygens (including phenoxy) is 1. The summed E-state index contributed by atoms with van der Waals surface area (Å²) in [6, 6.07) is 18.8. The van der Waals surface area contributed by atoms with E-state index in [1.165, 1.54) is 24.4 Å². The molecule has 0 aliphatic carbocycles. The minimum Gasteiger partial charge on any atom is -0.494 e. The zero-order chi connectivity index (χ0) is 23.2. The third kappa shape index (κ3) is 3.34. The first-order valence-electron chi connectivity index (χ1n) is 10.4. The highest BCUT2D eigenvalue weighted by atomic mass is 32.2. The van der Waals surface area contributed by atoms with Crippen molar-refractivity contribution < 1.29 is 22.3 Å². The fourth-order valence-corrected chi connectivity index (χ4v) is 5.88. The van der Waals surface area contributed by atoms with E-state index in [-0.39, 0.29) is 21.7 Å². The number of benzene rings is 3. The molecule has 0 N–H and O–H groups in total. The number of amides is 1. The van der Waals surface area contributed by atoms with Crippen LogP contribution in [0.5, 0.6) is 5.75 Å². The number of carbonyl (C=O) groups is 1. The van der Waals surface area contributed by atoms with Crippen molar-refractivity contribution in [3.8, 4) is 5.75 Å². The van der Waals surface area contributed by atoms with Crippen LogP contribution >= 0.6 is 0 Å². The molecule has 0 saturated carbocycles. The van der Waals surface area contributed by atoms with Crippen LogP contribution in [0.2, 0.25) is 0 Å². The van der Waals surface area contributed by atoms with E-state index in [4.69, 9.17) is 4.74 Å². The number of pyridine rings is 1. The largest absolute Gasteiger partial charge is 0.494 e. The Labute approximate surface area is 190 Å². The van der Waals surface area contributed by atoms with Crippen LogP contribution in [0.3, 0.4) is 0 Å². The molecule has 3 aromatic carbocycles. The molecule has 6 nitrogen and oxygen atoms in total. The zero-order valence-electron chi connectivity index (χ0n) is 17.6. The van der Waals surface area contributed by atoms with Crippen molar-refractivity contribution >= 4 is 32.5 Å². The molecule has 1 atom stereocenters. The standard InChI is InChI=1S/C25H19FN2O4S/c1-2-32-21-10-4-3-9-18(21)23-19-15-17(26)12-13-20(19)28(25(23)29)33(30,31)22-11-5-7-16-8-6-14-27-24(16)22/h3-15,23H,2H2,1H3. The number of hydrogen-bond donors (Lipinski definition) is 0. The molecule has 8 heteroatoms. The molecule has 4 aromatic rings. The summed E-state index contributed by atoms with van der Waals surface area (Å²) in [5, 5.41) is 0.628. The average molecular weight is 463 g/mol. The van der Waals surface area contributed by atoms with Gasteiger partial charge in [-0.05, 0) is 48.9 Å². The van der Waals surface area contributed by atoms with E-state index < -0.39 is 27.7 Å². The lowest BCUT2D eigenvalue weighted by Gasteiger charge is -2.20. The summed E-state index contributed by atoms with van der Waals surface area (Å²) in [5.74, 6) is -1.85. The molecule has 2 heterocycles. The first-order chi connectivity index (χ1) is 15.9. The average Bonchev–Trinajstić information content (AvgIpc) is 3.10. The number of fused-ring (bicyclic) bond motifs is 2. The van der Waals surface area contributed by atoms with Crippen LogP contribution in [0.4, 0.5) is 10.1 Å². The number of para-hydroxylation sites is 2. The minimum absolute atomic E-state index is 0.0945. The number of rotatable bonds is 5. The lowest BCUT2D eigenvalue weighted by Crippen LogP contribution is -2.35. The van der Waals surface area contributed by atoms with Gasteiger partial charge in [0.15, 0.2) is 0 Å². The summed E-state index contributed by atoms with van der Waals surface area (Å²) in [7, 11) is -4.35. The second kappa shape index (κ2) is 7.97. The van der Waals surface area contributed by atoms with Crippen molar-refractivity contribution in [3.63, 3.8) is 0 Å². The number of hydrogen-bond acceptors (Lipinski definition) is 5. The molecule has 1 aliphatic rings. The molecule has 33 heavy (non-hydrogen) atoms. The van der Waals surface area contributed by atoms with Crippen LogP contribution < -0.4 is 9.04 Å². The van der Waals surface area contributed by atoms with Gasteiger partial charge in [0, 0.05) is 17.1 Å². The molecule has 0 spiro atoms. The molecule has 0 radical (unpaired) electrons. The van der Waals surface area contributed by atoms with E-state index in [0.29, 0.717) is 23.3 Å². The maximum atomic E-state index is 14.3. The second-order valence-electron chi connectivity index (χ2n) is 7.55. The van der Waals surface area contributed by atoms with Gasteiger partial charge in [0.25, 0.3) is 15.9 Å². The maximum absolute atomic E-state index is 14.3. The third-order valence-corrected chi connectivity index (χ3v) is 7.35. The number of carbonyl (C=O) groups excluding carboxylic acids is 1. The van der Waals surface area contributed by atoms with Gasteiger partial charge < -0.3 is 4.74 Å². The SMILES string of the molecule is CCOc1ccccc1C1C(=O)N(S(=O)(=O)c2cccc3cccnc23)c2ccc(F)cc21. The fraction of sp³-hybridized carbons (Fsp3) is 0.120. The Morgan fingerprint density at radius 2 is 1.79 bits per heavy atom. The van der Waals surface area contributed by atoms with Gasteiger partial charge in [0.1, 0.15) is 16.5 Å². The van der Waals surface area contributed by atoms with E-state index >= 15 is 0 Å². The van der Waals surface area contributed by atoms with Gasteiger partial charge in [-0.25, -0.2) is 17.1 Å². The van der Waals surface area contributed by atoms with Gasteiger partial charge in [0.05, 0.1) is 23.7 Å². The van der Waals surface area contributed by atoms with Crippen molar-refractivity contribution in [2.75, 3.05) is 10.9 Å². The van der Waals surface area contributed by atoms with E-state index in [1.807, 2.05) is 6.92 Å². The first-order valence-corrected chi connectivity index (χ1v) is 11.8. The van der Waals surface area contributed by atoms with Crippen LogP contribution in [0.15, 0.2) is 83.9 Å². The Balaban J connectivity index is 1.73. The summed E-state index contributed by atoms with van der Waals surface area (Å²) in [6.07, 6.45) is 1.50. The molecule has 166 valence electrons. The maximum Gasteiger partial charge on any atom is 0.273 e. The van der Waals surface area contributed by atoms with Gasteiger partial charge in [-0.3, -0.25) is 9.78 Å². The Kier molecular flexibility index (Phi) is 5.09. The smallest absolute Gasteiger partial charge is 0.273 e. The molecule has 1 amide bonds. The summed E-state index contributed by atoms with van der Waals surface area (Å²) in [4.78, 5) is 17.9. The van der Waals surface area contributed by atoms with Gasteiger partial charge in [-0.15, -0.1) is 0 Å². The highest BCUT2D eigenvalue weighted by Crippen LogP contribution is 2.46.